The lowest BCUT2D eigenvalue weighted by molar-refractivity contribution is 0.119. The molecule has 3 nitrogen and oxygen atoms in total. The maximum absolute atomic E-state index is 5.46. The van der Waals surface area contributed by atoms with Crippen molar-refractivity contribution in [3.05, 3.63) is 23.8 Å². The van der Waals surface area contributed by atoms with Crippen LogP contribution in [0.3, 0.4) is 0 Å². The third-order valence-corrected chi connectivity index (χ3v) is 2.10. The van der Waals surface area contributed by atoms with Crippen LogP contribution < -0.4 is 9.47 Å². The van der Waals surface area contributed by atoms with Crippen molar-refractivity contribution in [3.63, 3.8) is 0 Å². The van der Waals surface area contributed by atoms with Crippen LogP contribution in [0.5, 0.6) is 11.5 Å². The minimum Gasteiger partial charge on any atom is -0.497 e. The van der Waals surface area contributed by atoms with Gasteiger partial charge in [-0.3, -0.25) is 0 Å². The van der Waals surface area contributed by atoms with Crippen molar-refractivity contribution in [2.45, 2.75) is 20.0 Å². The first-order valence-corrected chi connectivity index (χ1v) is 5.10. The van der Waals surface area contributed by atoms with Crippen molar-refractivity contribution in [2.75, 3.05) is 20.8 Å². The zero-order valence-corrected chi connectivity index (χ0v) is 9.58. The van der Waals surface area contributed by atoms with Gasteiger partial charge in [-0.2, -0.15) is 0 Å². The molecular formula is C12H18O3. The molecule has 1 aromatic rings. The standard InChI is InChI=1S/C12H18O3/c1-4-7-15-9-10-5-6-11(13-2)8-12(10)14-3/h5-6,8H,4,7,9H2,1-3H3. The molecule has 0 bridgehead atoms. The Morgan fingerprint density at radius 1 is 1.13 bits per heavy atom. The highest BCUT2D eigenvalue weighted by atomic mass is 16.5. The smallest absolute Gasteiger partial charge is 0.128 e. The Kier molecular flexibility index (Phi) is 4.98. The van der Waals surface area contributed by atoms with Gasteiger partial charge in [0.15, 0.2) is 0 Å². The molecule has 3 heteroatoms. The van der Waals surface area contributed by atoms with Crippen LogP contribution in [0.15, 0.2) is 18.2 Å². The van der Waals surface area contributed by atoms with E-state index in [9.17, 15) is 0 Å². The molecule has 0 N–H and O–H groups in total. The van der Waals surface area contributed by atoms with E-state index < -0.39 is 0 Å². The molecule has 0 aromatic heterocycles. The molecule has 0 aliphatic heterocycles. The molecule has 1 rings (SSSR count). The number of hydrogen-bond donors (Lipinski definition) is 0. The van der Waals surface area contributed by atoms with Gasteiger partial charge >= 0.3 is 0 Å². The first-order valence-electron chi connectivity index (χ1n) is 5.10. The zero-order valence-electron chi connectivity index (χ0n) is 9.58. The van der Waals surface area contributed by atoms with Crippen LogP contribution in [0.4, 0.5) is 0 Å². The fourth-order valence-electron chi connectivity index (χ4n) is 1.30. The van der Waals surface area contributed by atoms with E-state index in [1.165, 1.54) is 0 Å². The molecule has 0 aliphatic carbocycles. The molecule has 0 unspecified atom stereocenters. The lowest BCUT2D eigenvalue weighted by Gasteiger charge is -2.10. The second-order valence-corrected chi connectivity index (χ2v) is 3.23. The monoisotopic (exact) mass is 210 g/mol. The van der Waals surface area contributed by atoms with E-state index in [1.807, 2.05) is 18.2 Å². The van der Waals surface area contributed by atoms with E-state index in [4.69, 9.17) is 14.2 Å². The van der Waals surface area contributed by atoms with Gasteiger partial charge in [0.2, 0.25) is 0 Å². The number of ether oxygens (including phenoxy) is 3. The second kappa shape index (κ2) is 6.30. The Balaban J connectivity index is 2.69. The number of hydrogen-bond acceptors (Lipinski definition) is 3. The third-order valence-electron chi connectivity index (χ3n) is 2.10. The Bertz CT molecular complexity index is 297. The summed E-state index contributed by atoms with van der Waals surface area (Å²) < 4.78 is 15.8. The normalized spacial score (nSPS) is 10.1. The van der Waals surface area contributed by atoms with Gasteiger partial charge in [0.1, 0.15) is 11.5 Å². The van der Waals surface area contributed by atoms with Crippen LogP contribution in [-0.4, -0.2) is 20.8 Å². The van der Waals surface area contributed by atoms with Crippen molar-refractivity contribution in [1.29, 1.82) is 0 Å². The Morgan fingerprint density at radius 3 is 2.53 bits per heavy atom. The second-order valence-electron chi connectivity index (χ2n) is 3.23. The molecule has 0 fully saturated rings. The highest BCUT2D eigenvalue weighted by molar-refractivity contribution is 5.40. The Hall–Kier alpha value is -1.22. The summed E-state index contributed by atoms with van der Waals surface area (Å²) in [5.41, 5.74) is 1.05. The summed E-state index contributed by atoms with van der Waals surface area (Å²) in [6.45, 7) is 3.45. The van der Waals surface area contributed by atoms with Crippen LogP contribution in [0.1, 0.15) is 18.9 Å². The average molecular weight is 210 g/mol. The summed E-state index contributed by atoms with van der Waals surface area (Å²) in [5.74, 6) is 1.61. The Labute approximate surface area is 91.0 Å². The van der Waals surface area contributed by atoms with Crippen LogP contribution in [0.25, 0.3) is 0 Å². The van der Waals surface area contributed by atoms with Gasteiger partial charge in [0, 0.05) is 18.2 Å². The van der Waals surface area contributed by atoms with Gasteiger partial charge in [0.25, 0.3) is 0 Å². The van der Waals surface area contributed by atoms with Gasteiger partial charge in [0.05, 0.1) is 20.8 Å². The van der Waals surface area contributed by atoms with Crippen LogP contribution >= 0.6 is 0 Å². The predicted molar refractivity (Wildman–Crippen MR) is 59.5 cm³/mol. The quantitative estimate of drug-likeness (QED) is 0.675. The molecule has 0 spiro atoms. The van der Waals surface area contributed by atoms with Crippen molar-refractivity contribution in [3.8, 4) is 11.5 Å². The number of benzene rings is 1. The van der Waals surface area contributed by atoms with Crippen molar-refractivity contribution in [2.24, 2.45) is 0 Å². The van der Waals surface area contributed by atoms with Crippen LogP contribution in [-0.2, 0) is 11.3 Å². The fourth-order valence-corrected chi connectivity index (χ4v) is 1.30. The minimum atomic E-state index is 0.584. The molecule has 0 heterocycles. The number of methoxy groups -OCH3 is 2. The van der Waals surface area contributed by atoms with Crippen molar-refractivity contribution >= 4 is 0 Å². The van der Waals surface area contributed by atoms with E-state index in [1.54, 1.807) is 14.2 Å². The maximum atomic E-state index is 5.46. The minimum absolute atomic E-state index is 0.584. The summed E-state index contributed by atoms with van der Waals surface area (Å²) in [6.07, 6.45) is 1.03. The summed E-state index contributed by atoms with van der Waals surface area (Å²) in [5, 5.41) is 0. The van der Waals surface area contributed by atoms with Crippen LogP contribution in [0, 0.1) is 0 Å². The first kappa shape index (κ1) is 11.9. The van der Waals surface area contributed by atoms with Crippen molar-refractivity contribution in [1.82, 2.24) is 0 Å². The summed E-state index contributed by atoms with van der Waals surface area (Å²) in [4.78, 5) is 0. The van der Waals surface area contributed by atoms with Gasteiger partial charge in [-0.25, -0.2) is 0 Å². The van der Waals surface area contributed by atoms with Gasteiger partial charge in [-0.05, 0) is 18.6 Å². The molecule has 0 atom stereocenters. The summed E-state index contributed by atoms with van der Waals surface area (Å²) in [6, 6.07) is 5.74. The van der Waals surface area contributed by atoms with E-state index in [0.717, 1.165) is 30.1 Å². The Morgan fingerprint density at radius 2 is 1.93 bits per heavy atom. The molecule has 1 aromatic carbocycles. The lowest BCUT2D eigenvalue weighted by atomic mass is 10.2. The largest absolute Gasteiger partial charge is 0.497 e. The molecule has 0 amide bonds. The van der Waals surface area contributed by atoms with Crippen LogP contribution in [0.2, 0.25) is 0 Å². The maximum Gasteiger partial charge on any atom is 0.128 e. The number of rotatable bonds is 6. The first-order chi connectivity index (χ1) is 7.31. The molecule has 0 radical (unpaired) electrons. The highest BCUT2D eigenvalue weighted by Gasteiger charge is 2.04. The van der Waals surface area contributed by atoms with E-state index in [-0.39, 0.29) is 0 Å². The fraction of sp³-hybridized carbons (Fsp3) is 0.500. The molecule has 0 aliphatic rings. The predicted octanol–water partition coefficient (Wildman–Crippen LogP) is 2.63. The molecule has 15 heavy (non-hydrogen) atoms. The van der Waals surface area contributed by atoms with Gasteiger partial charge in [-0.1, -0.05) is 6.92 Å². The zero-order chi connectivity index (χ0) is 11.1. The third kappa shape index (κ3) is 3.44. The summed E-state index contributed by atoms with van der Waals surface area (Å²) >= 11 is 0. The van der Waals surface area contributed by atoms with E-state index >= 15 is 0 Å². The molecule has 0 saturated heterocycles. The van der Waals surface area contributed by atoms with Crippen molar-refractivity contribution < 1.29 is 14.2 Å². The van der Waals surface area contributed by atoms with Gasteiger partial charge < -0.3 is 14.2 Å². The molecule has 0 saturated carbocycles. The summed E-state index contributed by atoms with van der Waals surface area (Å²) in [7, 11) is 3.29. The van der Waals surface area contributed by atoms with E-state index in [0.29, 0.717) is 6.61 Å². The lowest BCUT2D eigenvalue weighted by Crippen LogP contribution is -1.98. The SMILES string of the molecule is CCCOCc1ccc(OC)cc1OC. The van der Waals surface area contributed by atoms with E-state index in [2.05, 4.69) is 6.92 Å². The molecule has 84 valence electrons. The molecular weight excluding hydrogens is 192 g/mol. The van der Waals surface area contributed by atoms with Gasteiger partial charge in [-0.15, -0.1) is 0 Å². The highest BCUT2D eigenvalue weighted by Crippen LogP contribution is 2.24. The average Bonchev–Trinajstić information content (AvgIpc) is 2.29. The topological polar surface area (TPSA) is 27.7 Å².